The summed E-state index contributed by atoms with van der Waals surface area (Å²) in [5, 5.41) is 4.51. The number of nitrogens with zero attached hydrogens (tertiary/aromatic N) is 3. The summed E-state index contributed by atoms with van der Waals surface area (Å²) in [7, 11) is 0. The van der Waals surface area contributed by atoms with Crippen LogP contribution >= 0.6 is 0 Å². The van der Waals surface area contributed by atoms with Crippen LogP contribution < -0.4 is 0 Å². The zero-order chi connectivity index (χ0) is 25.5. The van der Waals surface area contributed by atoms with Crippen molar-refractivity contribution in [2.45, 2.75) is 51.4 Å². The second-order valence-corrected chi connectivity index (χ2v) is 10.7. The van der Waals surface area contributed by atoms with Crippen LogP contribution in [0.5, 0.6) is 0 Å². The lowest BCUT2D eigenvalue weighted by Crippen LogP contribution is -2.35. The molecule has 0 unspecified atom stereocenters. The number of hydrogen-bond donors (Lipinski definition) is 0. The first-order chi connectivity index (χ1) is 18.0. The van der Waals surface area contributed by atoms with Crippen molar-refractivity contribution >= 4 is 11.9 Å². The third kappa shape index (κ3) is 5.04. The molecule has 3 aliphatic rings. The standard InChI is InChI=1S/C30H32FN3O3/c1-2-37-30(36)26-16-32-34(28(26)21-13-14-21)23-6-3-5-22(15-23)24-7-4-8-25(27(24)31)29(35)33(17-19-9-10-19)18-20-11-12-20/h3-8,15-16,19-21H,2,9-14,17-18H2,1H3. The van der Waals surface area contributed by atoms with E-state index >= 15 is 4.39 Å². The summed E-state index contributed by atoms with van der Waals surface area (Å²) in [6.07, 6.45) is 8.15. The molecule has 0 N–H and O–H groups in total. The summed E-state index contributed by atoms with van der Waals surface area (Å²) in [4.78, 5) is 27.8. The minimum Gasteiger partial charge on any atom is -0.462 e. The fourth-order valence-corrected chi connectivity index (χ4v) is 5.04. The number of esters is 1. The van der Waals surface area contributed by atoms with Gasteiger partial charge in [0.15, 0.2) is 0 Å². The van der Waals surface area contributed by atoms with Gasteiger partial charge < -0.3 is 9.64 Å². The Morgan fingerprint density at radius 1 is 1.00 bits per heavy atom. The lowest BCUT2D eigenvalue weighted by Gasteiger charge is -2.23. The average molecular weight is 502 g/mol. The molecule has 1 aromatic heterocycles. The van der Waals surface area contributed by atoms with Crippen LogP contribution in [0, 0.1) is 17.7 Å². The number of hydrogen-bond acceptors (Lipinski definition) is 4. The Morgan fingerprint density at radius 2 is 1.70 bits per heavy atom. The van der Waals surface area contributed by atoms with E-state index in [9.17, 15) is 9.59 Å². The molecule has 1 amide bonds. The van der Waals surface area contributed by atoms with Crippen LogP contribution in [-0.4, -0.2) is 46.3 Å². The van der Waals surface area contributed by atoms with E-state index in [1.165, 1.54) is 0 Å². The molecule has 0 radical (unpaired) electrons. The van der Waals surface area contributed by atoms with Gasteiger partial charge in [-0.2, -0.15) is 5.10 Å². The van der Waals surface area contributed by atoms with Gasteiger partial charge in [-0.1, -0.05) is 24.3 Å². The van der Waals surface area contributed by atoms with Crippen molar-refractivity contribution in [1.82, 2.24) is 14.7 Å². The molecule has 6 rings (SSSR count). The van der Waals surface area contributed by atoms with E-state index in [1.807, 2.05) is 29.2 Å². The average Bonchev–Trinajstić information content (AvgIpc) is 3.76. The number of carbonyl (C=O) groups excluding carboxylic acids is 2. The molecule has 3 saturated carbocycles. The monoisotopic (exact) mass is 501 g/mol. The van der Waals surface area contributed by atoms with Crippen LogP contribution in [0.15, 0.2) is 48.7 Å². The van der Waals surface area contributed by atoms with Crippen LogP contribution in [0.4, 0.5) is 4.39 Å². The fraction of sp³-hybridized carbons (Fsp3) is 0.433. The normalized spacial score (nSPS) is 17.0. The van der Waals surface area contributed by atoms with E-state index in [4.69, 9.17) is 4.74 Å². The highest BCUT2D eigenvalue weighted by atomic mass is 19.1. The van der Waals surface area contributed by atoms with E-state index in [0.717, 1.165) is 63.0 Å². The Kier molecular flexibility index (Phi) is 6.31. The van der Waals surface area contributed by atoms with Crippen molar-refractivity contribution in [3.8, 4) is 16.8 Å². The van der Waals surface area contributed by atoms with Crippen molar-refractivity contribution in [2.24, 2.45) is 11.8 Å². The zero-order valence-corrected chi connectivity index (χ0v) is 21.2. The summed E-state index contributed by atoms with van der Waals surface area (Å²) >= 11 is 0. The van der Waals surface area contributed by atoms with Crippen LogP contribution in [0.2, 0.25) is 0 Å². The SMILES string of the molecule is CCOC(=O)c1cnn(-c2cccc(-c3cccc(C(=O)N(CC4CC4)CC4CC4)c3F)c2)c1C1CC1. The van der Waals surface area contributed by atoms with Crippen molar-refractivity contribution in [3.05, 3.63) is 71.3 Å². The van der Waals surface area contributed by atoms with Gasteiger partial charge in [-0.3, -0.25) is 4.79 Å². The van der Waals surface area contributed by atoms with Gasteiger partial charge in [-0.15, -0.1) is 0 Å². The number of amides is 1. The van der Waals surface area contributed by atoms with E-state index in [2.05, 4.69) is 5.10 Å². The second-order valence-electron chi connectivity index (χ2n) is 10.7. The molecule has 2 aromatic carbocycles. The lowest BCUT2D eigenvalue weighted by molar-refractivity contribution is 0.0524. The van der Waals surface area contributed by atoms with Crippen LogP contribution in [-0.2, 0) is 4.74 Å². The molecule has 0 bridgehead atoms. The third-order valence-electron chi connectivity index (χ3n) is 7.53. The van der Waals surface area contributed by atoms with E-state index in [-0.39, 0.29) is 23.4 Å². The first-order valence-corrected chi connectivity index (χ1v) is 13.5. The number of aromatic nitrogens is 2. The summed E-state index contributed by atoms with van der Waals surface area (Å²) in [6.45, 7) is 3.53. The topological polar surface area (TPSA) is 64.4 Å². The quantitative estimate of drug-likeness (QED) is 0.320. The molecule has 3 aromatic rings. The minimum atomic E-state index is -0.490. The lowest BCUT2D eigenvalue weighted by atomic mass is 10.0. The first kappa shape index (κ1) is 23.9. The van der Waals surface area contributed by atoms with Gasteiger partial charge in [-0.25, -0.2) is 13.9 Å². The third-order valence-corrected chi connectivity index (χ3v) is 7.53. The number of carbonyl (C=O) groups is 2. The Balaban J connectivity index is 1.32. The molecule has 3 aliphatic carbocycles. The highest BCUT2D eigenvalue weighted by Gasteiger charge is 2.34. The summed E-state index contributed by atoms with van der Waals surface area (Å²) in [6, 6.07) is 12.5. The maximum atomic E-state index is 15.9. The largest absolute Gasteiger partial charge is 0.462 e. The Hall–Kier alpha value is -3.48. The van der Waals surface area contributed by atoms with Gasteiger partial charge in [0.25, 0.3) is 5.91 Å². The molecule has 0 aliphatic heterocycles. The van der Waals surface area contributed by atoms with Crippen molar-refractivity contribution in [1.29, 1.82) is 0 Å². The maximum absolute atomic E-state index is 15.9. The van der Waals surface area contributed by atoms with E-state index in [1.54, 1.807) is 36.0 Å². The molecule has 7 heteroatoms. The molecular formula is C30H32FN3O3. The van der Waals surface area contributed by atoms with Gasteiger partial charge in [-0.05, 0) is 81.0 Å². The van der Waals surface area contributed by atoms with Crippen molar-refractivity contribution < 1.29 is 18.7 Å². The highest BCUT2D eigenvalue weighted by Crippen LogP contribution is 2.43. The molecule has 6 nitrogen and oxygen atoms in total. The number of rotatable bonds is 10. The molecule has 0 spiro atoms. The van der Waals surface area contributed by atoms with Crippen LogP contribution in [0.3, 0.4) is 0 Å². The summed E-state index contributed by atoms with van der Waals surface area (Å²) in [5.74, 6) is 0.297. The van der Waals surface area contributed by atoms with Crippen LogP contribution in [0.25, 0.3) is 16.8 Å². The molecule has 192 valence electrons. The molecule has 0 atom stereocenters. The van der Waals surface area contributed by atoms with E-state index < -0.39 is 5.82 Å². The van der Waals surface area contributed by atoms with Gasteiger partial charge >= 0.3 is 5.97 Å². The Morgan fingerprint density at radius 3 is 2.35 bits per heavy atom. The molecule has 1 heterocycles. The van der Waals surface area contributed by atoms with Gasteiger partial charge in [0.2, 0.25) is 0 Å². The Bertz CT molecular complexity index is 1320. The van der Waals surface area contributed by atoms with Gasteiger partial charge in [0, 0.05) is 24.6 Å². The van der Waals surface area contributed by atoms with Crippen molar-refractivity contribution in [2.75, 3.05) is 19.7 Å². The summed E-state index contributed by atoms with van der Waals surface area (Å²) in [5.41, 5.74) is 3.25. The number of halogens is 1. The van der Waals surface area contributed by atoms with Crippen molar-refractivity contribution in [3.63, 3.8) is 0 Å². The summed E-state index contributed by atoms with van der Waals surface area (Å²) < 4.78 is 22.9. The predicted molar refractivity (Wildman–Crippen MR) is 138 cm³/mol. The molecular weight excluding hydrogens is 469 g/mol. The fourth-order valence-electron chi connectivity index (χ4n) is 5.04. The molecule has 3 fully saturated rings. The maximum Gasteiger partial charge on any atom is 0.341 e. The molecule has 0 saturated heterocycles. The van der Waals surface area contributed by atoms with Crippen LogP contribution in [0.1, 0.15) is 77.8 Å². The zero-order valence-electron chi connectivity index (χ0n) is 21.2. The minimum absolute atomic E-state index is 0.131. The highest BCUT2D eigenvalue weighted by molar-refractivity contribution is 5.96. The number of ether oxygens (including phenoxy) is 1. The Labute approximate surface area is 216 Å². The van der Waals surface area contributed by atoms with Gasteiger partial charge in [0.1, 0.15) is 11.4 Å². The van der Waals surface area contributed by atoms with Gasteiger partial charge in [0.05, 0.1) is 29.7 Å². The number of benzene rings is 2. The molecule has 37 heavy (non-hydrogen) atoms. The predicted octanol–water partition coefficient (Wildman–Crippen LogP) is 5.99. The second kappa shape index (κ2) is 9.77. The smallest absolute Gasteiger partial charge is 0.341 e. The van der Waals surface area contributed by atoms with E-state index in [0.29, 0.717) is 35.1 Å². The first-order valence-electron chi connectivity index (χ1n) is 13.5.